The Bertz CT molecular complexity index is 544. The van der Waals surface area contributed by atoms with Crippen molar-refractivity contribution in [3.8, 4) is 5.75 Å². The number of benzene rings is 1. The van der Waals surface area contributed by atoms with E-state index >= 15 is 0 Å². The van der Waals surface area contributed by atoms with Gasteiger partial charge >= 0.3 is 0 Å². The van der Waals surface area contributed by atoms with Gasteiger partial charge in [0, 0.05) is 24.9 Å². The molecule has 108 valence electrons. The van der Waals surface area contributed by atoms with E-state index in [1.807, 2.05) is 17.5 Å². The summed E-state index contributed by atoms with van der Waals surface area (Å²) in [5.41, 5.74) is 2.23. The first-order chi connectivity index (χ1) is 9.71. The Morgan fingerprint density at radius 1 is 1.40 bits per heavy atom. The zero-order chi connectivity index (χ0) is 14.4. The number of hydrogen-bond acceptors (Lipinski definition) is 4. The summed E-state index contributed by atoms with van der Waals surface area (Å²) in [4.78, 5) is 6.76. The van der Waals surface area contributed by atoms with Gasteiger partial charge in [0.05, 0.1) is 23.7 Å². The molecule has 0 fully saturated rings. The number of nitrogens with zero attached hydrogens (tertiary/aromatic N) is 2. The maximum atomic E-state index is 5.76. The molecular weight excluding hydrogens is 292 g/mol. The van der Waals surface area contributed by atoms with Crippen LogP contribution in [-0.2, 0) is 18.8 Å². The van der Waals surface area contributed by atoms with E-state index in [0.717, 1.165) is 36.0 Å². The van der Waals surface area contributed by atoms with Crippen LogP contribution in [0.25, 0.3) is 0 Å². The summed E-state index contributed by atoms with van der Waals surface area (Å²) in [5, 5.41) is 3.18. The van der Waals surface area contributed by atoms with Gasteiger partial charge in [-0.25, -0.2) is 4.98 Å². The molecule has 5 heteroatoms. The van der Waals surface area contributed by atoms with Gasteiger partial charge in [0.25, 0.3) is 0 Å². The molecule has 20 heavy (non-hydrogen) atoms. The average molecular weight is 311 g/mol. The third kappa shape index (κ3) is 4.47. The predicted molar refractivity (Wildman–Crippen MR) is 84.7 cm³/mol. The lowest BCUT2D eigenvalue weighted by atomic mass is 10.2. The monoisotopic (exact) mass is 310 g/mol. The minimum atomic E-state index is 0.496. The van der Waals surface area contributed by atoms with Gasteiger partial charge in [-0.15, -0.1) is 22.9 Å². The Kier molecular flexibility index (Phi) is 5.83. The van der Waals surface area contributed by atoms with E-state index in [4.69, 9.17) is 16.3 Å². The molecule has 0 saturated heterocycles. The molecule has 0 aliphatic heterocycles. The largest absolute Gasteiger partial charge is 0.497 e. The van der Waals surface area contributed by atoms with Crippen molar-refractivity contribution in [2.45, 2.75) is 18.8 Å². The standard InChI is InChI=1S/C15H19ClN2OS/c1-18(7-6-15-17-13(9-16)11-20-15)10-12-4-3-5-14(8-12)19-2/h3-5,8,11H,6-7,9-10H2,1-2H3. The zero-order valence-corrected chi connectivity index (χ0v) is 13.4. The van der Waals surface area contributed by atoms with Gasteiger partial charge in [0.15, 0.2) is 0 Å². The fraction of sp³-hybridized carbons (Fsp3) is 0.400. The van der Waals surface area contributed by atoms with Crippen LogP contribution in [0.2, 0.25) is 0 Å². The highest BCUT2D eigenvalue weighted by Crippen LogP contribution is 2.15. The maximum Gasteiger partial charge on any atom is 0.119 e. The third-order valence-corrected chi connectivity index (χ3v) is 4.26. The second-order valence-electron chi connectivity index (χ2n) is 4.71. The zero-order valence-electron chi connectivity index (χ0n) is 11.8. The van der Waals surface area contributed by atoms with Gasteiger partial charge in [-0.2, -0.15) is 0 Å². The van der Waals surface area contributed by atoms with Gasteiger partial charge in [-0.05, 0) is 24.7 Å². The molecule has 0 bridgehead atoms. The minimum Gasteiger partial charge on any atom is -0.497 e. The van der Waals surface area contributed by atoms with Crippen molar-refractivity contribution < 1.29 is 4.74 Å². The van der Waals surface area contributed by atoms with Gasteiger partial charge in [-0.3, -0.25) is 0 Å². The first kappa shape index (κ1) is 15.3. The first-order valence-corrected chi connectivity index (χ1v) is 7.93. The van der Waals surface area contributed by atoms with Crippen LogP contribution in [0.4, 0.5) is 0 Å². The van der Waals surface area contributed by atoms with Crippen LogP contribution >= 0.6 is 22.9 Å². The van der Waals surface area contributed by atoms with Crippen LogP contribution in [0, 0.1) is 0 Å². The SMILES string of the molecule is COc1cccc(CN(C)CCc2nc(CCl)cs2)c1. The molecule has 3 nitrogen and oxygen atoms in total. The molecule has 0 amide bonds. The van der Waals surface area contributed by atoms with E-state index in [2.05, 4.69) is 29.1 Å². The molecule has 0 spiro atoms. The molecule has 2 rings (SSSR count). The Morgan fingerprint density at radius 2 is 2.25 bits per heavy atom. The summed E-state index contributed by atoms with van der Waals surface area (Å²) in [6.07, 6.45) is 0.960. The number of aromatic nitrogens is 1. The second kappa shape index (κ2) is 7.62. The highest BCUT2D eigenvalue weighted by molar-refractivity contribution is 7.09. The van der Waals surface area contributed by atoms with Crippen LogP contribution in [0.15, 0.2) is 29.6 Å². The van der Waals surface area contributed by atoms with E-state index in [1.54, 1.807) is 18.4 Å². The van der Waals surface area contributed by atoms with Gasteiger partial charge in [0.1, 0.15) is 5.75 Å². The number of halogens is 1. The Hall–Kier alpha value is -1.10. The van der Waals surface area contributed by atoms with Crippen LogP contribution in [-0.4, -0.2) is 30.6 Å². The van der Waals surface area contributed by atoms with Crippen molar-refractivity contribution in [1.82, 2.24) is 9.88 Å². The highest BCUT2D eigenvalue weighted by Gasteiger charge is 2.05. The number of alkyl halides is 1. The van der Waals surface area contributed by atoms with Crippen LogP contribution in [0.1, 0.15) is 16.3 Å². The number of thiazole rings is 1. The lowest BCUT2D eigenvalue weighted by Gasteiger charge is -2.16. The fourth-order valence-electron chi connectivity index (χ4n) is 1.97. The number of ether oxygens (including phenoxy) is 1. The number of likely N-dealkylation sites (N-methyl/N-ethyl adjacent to an activating group) is 1. The summed E-state index contributed by atoms with van der Waals surface area (Å²) in [6, 6.07) is 8.18. The van der Waals surface area contributed by atoms with Gasteiger partial charge < -0.3 is 9.64 Å². The van der Waals surface area contributed by atoms with E-state index in [0.29, 0.717) is 5.88 Å². The lowest BCUT2D eigenvalue weighted by Crippen LogP contribution is -2.20. The van der Waals surface area contributed by atoms with Crippen LogP contribution in [0.3, 0.4) is 0 Å². The Morgan fingerprint density at radius 3 is 2.95 bits per heavy atom. The van der Waals surface area contributed by atoms with Crippen molar-refractivity contribution in [3.05, 3.63) is 45.9 Å². The number of hydrogen-bond donors (Lipinski definition) is 0. The van der Waals surface area contributed by atoms with Gasteiger partial charge in [0.2, 0.25) is 0 Å². The molecule has 0 saturated carbocycles. The molecule has 0 unspecified atom stereocenters. The molecule has 0 atom stereocenters. The normalized spacial score (nSPS) is 11.0. The smallest absolute Gasteiger partial charge is 0.119 e. The van der Waals surface area contributed by atoms with Crippen molar-refractivity contribution in [2.75, 3.05) is 20.7 Å². The maximum absolute atomic E-state index is 5.76. The van der Waals surface area contributed by atoms with Crippen LogP contribution in [0.5, 0.6) is 5.75 Å². The van der Waals surface area contributed by atoms with Crippen molar-refractivity contribution in [3.63, 3.8) is 0 Å². The third-order valence-electron chi connectivity index (χ3n) is 3.03. The van der Waals surface area contributed by atoms with E-state index in [9.17, 15) is 0 Å². The number of methoxy groups -OCH3 is 1. The van der Waals surface area contributed by atoms with Crippen LogP contribution < -0.4 is 4.74 Å². The average Bonchev–Trinajstić information content (AvgIpc) is 2.93. The summed E-state index contributed by atoms with van der Waals surface area (Å²) < 4.78 is 5.24. The number of rotatable bonds is 7. The van der Waals surface area contributed by atoms with Gasteiger partial charge in [-0.1, -0.05) is 12.1 Å². The first-order valence-electron chi connectivity index (χ1n) is 6.52. The van der Waals surface area contributed by atoms with E-state index in [-0.39, 0.29) is 0 Å². The molecule has 0 aliphatic carbocycles. The minimum absolute atomic E-state index is 0.496. The predicted octanol–water partition coefficient (Wildman–Crippen LogP) is 3.57. The molecule has 1 aromatic heterocycles. The molecule has 2 aromatic rings. The quantitative estimate of drug-likeness (QED) is 0.731. The molecule has 0 radical (unpaired) electrons. The second-order valence-corrected chi connectivity index (χ2v) is 5.92. The summed E-state index contributed by atoms with van der Waals surface area (Å²) in [5.74, 6) is 1.40. The Labute approximate surface area is 129 Å². The highest BCUT2D eigenvalue weighted by atomic mass is 35.5. The van der Waals surface area contributed by atoms with E-state index < -0.39 is 0 Å². The summed E-state index contributed by atoms with van der Waals surface area (Å²) in [6.45, 7) is 1.89. The molecule has 1 heterocycles. The Balaban J connectivity index is 1.83. The van der Waals surface area contributed by atoms with E-state index in [1.165, 1.54) is 5.56 Å². The van der Waals surface area contributed by atoms with Crippen molar-refractivity contribution in [1.29, 1.82) is 0 Å². The summed E-state index contributed by atoms with van der Waals surface area (Å²) in [7, 11) is 3.81. The molecule has 0 aliphatic rings. The molecular formula is C15H19ClN2OS. The van der Waals surface area contributed by atoms with Crippen molar-refractivity contribution in [2.24, 2.45) is 0 Å². The molecule has 0 N–H and O–H groups in total. The summed E-state index contributed by atoms with van der Waals surface area (Å²) >= 11 is 7.45. The fourth-order valence-corrected chi connectivity index (χ4v) is 2.99. The molecule has 1 aromatic carbocycles. The lowest BCUT2D eigenvalue weighted by molar-refractivity contribution is 0.330. The topological polar surface area (TPSA) is 25.4 Å². The van der Waals surface area contributed by atoms with Crippen molar-refractivity contribution >= 4 is 22.9 Å².